The van der Waals surface area contributed by atoms with Crippen molar-refractivity contribution in [2.45, 2.75) is 38.3 Å². The van der Waals surface area contributed by atoms with E-state index in [1.54, 1.807) is 6.07 Å². The number of rotatable bonds is 4. The maximum Gasteiger partial charge on any atom is 0.0871 e. The van der Waals surface area contributed by atoms with Gasteiger partial charge in [-0.05, 0) is 36.6 Å². The van der Waals surface area contributed by atoms with E-state index in [9.17, 15) is 0 Å². The number of halogens is 2. The Morgan fingerprint density at radius 1 is 1.28 bits per heavy atom. The molecular weight excluding hydrogens is 267 g/mol. The van der Waals surface area contributed by atoms with Crippen molar-refractivity contribution >= 4 is 23.2 Å². The fraction of sp³-hybridized carbons (Fsp3) is 0.500. The molecule has 18 heavy (non-hydrogen) atoms. The van der Waals surface area contributed by atoms with Crippen LogP contribution in [0.3, 0.4) is 0 Å². The van der Waals surface area contributed by atoms with Gasteiger partial charge in [-0.25, -0.2) is 0 Å². The van der Waals surface area contributed by atoms with Gasteiger partial charge >= 0.3 is 0 Å². The molecule has 0 unspecified atom stereocenters. The zero-order valence-electron chi connectivity index (χ0n) is 10.2. The quantitative estimate of drug-likeness (QED) is 0.772. The van der Waals surface area contributed by atoms with Crippen LogP contribution in [0.5, 0.6) is 0 Å². The van der Waals surface area contributed by atoms with Crippen molar-refractivity contribution in [3.63, 3.8) is 0 Å². The van der Waals surface area contributed by atoms with Crippen LogP contribution in [0, 0.1) is 11.3 Å². The summed E-state index contributed by atoms with van der Waals surface area (Å²) in [6, 6.07) is 8.26. The highest BCUT2D eigenvalue weighted by Crippen LogP contribution is 2.27. The van der Waals surface area contributed by atoms with Crippen molar-refractivity contribution in [2.24, 2.45) is 0 Å². The van der Waals surface area contributed by atoms with E-state index in [4.69, 9.17) is 28.5 Å². The summed E-state index contributed by atoms with van der Waals surface area (Å²) in [5, 5.41) is 10.4. The summed E-state index contributed by atoms with van der Waals surface area (Å²) in [5.41, 5.74) is 1.01. The summed E-state index contributed by atoms with van der Waals surface area (Å²) in [6.07, 6.45) is 4.88. The van der Waals surface area contributed by atoms with Crippen molar-refractivity contribution in [1.82, 2.24) is 4.90 Å². The number of nitrogens with zero attached hydrogens (tertiary/aromatic N) is 2. The van der Waals surface area contributed by atoms with Crippen LogP contribution in [0.1, 0.15) is 31.2 Å². The van der Waals surface area contributed by atoms with E-state index < -0.39 is 0 Å². The molecule has 4 heteroatoms. The molecule has 0 N–H and O–H groups in total. The molecule has 96 valence electrons. The molecule has 0 bridgehead atoms. The lowest BCUT2D eigenvalue weighted by Gasteiger charge is -2.26. The summed E-state index contributed by atoms with van der Waals surface area (Å²) in [4.78, 5) is 2.21. The summed E-state index contributed by atoms with van der Waals surface area (Å²) in [6.45, 7) is 1.16. The predicted octanol–water partition coefficient (Wildman–Crippen LogP) is 4.26. The number of nitriles is 1. The topological polar surface area (TPSA) is 27.0 Å². The zero-order chi connectivity index (χ0) is 13.0. The zero-order valence-corrected chi connectivity index (χ0v) is 11.7. The van der Waals surface area contributed by atoms with Gasteiger partial charge in [0.25, 0.3) is 0 Å². The van der Waals surface area contributed by atoms with E-state index in [2.05, 4.69) is 11.0 Å². The van der Waals surface area contributed by atoms with E-state index in [0.717, 1.165) is 10.6 Å². The average Bonchev–Trinajstić information content (AvgIpc) is 2.87. The van der Waals surface area contributed by atoms with Crippen LogP contribution in [0.4, 0.5) is 0 Å². The third-order valence-corrected chi connectivity index (χ3v) is 4.10. The molecule has 0 amide bonds. The minimum absolute atomic E-state index is 0.452. The van der Waals surface area contributed by atoms with E-state index in [0.29, 0.717) is 24.2 Å². The minimum Gasteiger partial charge on any atom is -0.283 e. The summed E-state index contributed by atoms with van der Waals surface area (Å²) < 4.78 is 0. The summed E-state index contributed by atoms with van der Waals surface area (Å²) in [5.74, 6) is 0. The monoisotopic (exact) mass is 282 g/mol. The third-order valence-electron chi connectivity index (χ3n) is 3.50. The molecule has 1 saturated carbocycles. The Bertz CT molecular complexity index is 448. The molecule has 1 fully saturated rings. The van der Waals surface area contributed by atoms with Gasteiger partial charge in [-0.15, -0.1) is 0 Å². The van der Waals surface area contributed by atoms with Gasteiger partial charge in [0.1, 0.15) is 0 Å². The van der Waals surface area contributed by atoms with Crippen molar-refractivity contribution in [1.29, 1.82) is 5.26 Å². The van der Waals surface area contributed by atoms with Gasteiger partial charge in [0.15, 0.2) is 0 Å². The first kappa shape index (κ1) is 13.7. The van der Waals surface area contributed by atoms with Gasteiger partial charge < -0.3 is 0 Å². The van der Waals surface area contributed by atoms with Crippen molar-refractivity contribution in [3.05, 3.63) is 33.8 Å². The molecule has 1 aromatic rings. The van der Waals surface area contributed by atoms with Gasteiger partial charge in [0.05, 0.1) is 12.6 Å². The maximum atomic E-state index is 8.95. The van der Waals surface area contributed by atoms with Crippen LogP contribution >= 0.6 is 23.2 Å². The average molecular weight is 283 g/mol. The smallest absolute Gasteiger partial charge is 0.0871 e. The summed E-state index contributed by atoms with van der Waals surface area (Å²) >= 11 is 12.2. The molecule has 1 aliphatic rings. The normalized spacial score (nSPS) is 16.1. The fourth-order valence-electron chi connectivity index (χ4n) is 2.56. The molecule has 0 saturated heterocycles. The largest absolute Gasteiger partial charge is 0.283 e. The molecule has 2 rings (SSSR count). The lowest BCUT2D eigenvalue weighted by Crippen LogP contribution is -2.33. The molecule has 0 radical (unpaired) electrons. The number of hydrogen-bond donors (Lipinski definition) is 0. The van der Waals surface area contributed by atoms with Crippen LogP contribution in [0.25, 0.3) is 0 Å². The molecule has 1 aromatic carbocycles. The Morgan fingerprint density at radius 2 is 2.00 bits per heavy atom. The standard InChI is InChI=1S/C14H16Cl2N2/c15-12-5-6-14(16)11(9-12)10-18(8-7-17)13-3-1-2-4-13/h5-6,9,13H,1-4,8,10H2. The van der Waals surface area contributed by atoms with Crippen LogP contribution in [-0.2, 0) is 6.54 Å². The highest BCUT2D eigenvalue weighted by Gasteiger charge is 2.22. The fourth-order valence-corrected chi connectivity index (χ4v) is 2.93. The Hall–Kier alpha value is -0.750. The molecule has 0 atom stereocenters. The van der Waals surface area contributed by atoms with E-state index in [1.165, 1.54) is 25.7 Å². The Balaban J connectivity index is 2.12. The molecule has 2 nitrogen and oxygen atoms in total. The van der Waals surface area contributed by atoms with Crippen LogP contribution in [0.15, 0.2) is 18.2 Å². The Kier molecular flexibility index (Phi) is 4.88. The molecule has 0 aliphatic heterocycles. The first-order valence-electron chi connectivity index (χ1n) is 6.25. The minimum atomic E-state index is 0.452. The van der Waals surface area contributed by atoms with Crippen LogP contribution in [-0.4, -0.2) is 17.5 Å². The van der Waals surface area contributed by atoms with Gasteiger partial charge in [-0.1, -0.05) is 36.0 Å². The first-order valence-corrected chi connectivity index (χ1v) is 7.01. The first-order chi connectivity index (χ1) is 8.70. The molecular formula is C14H16Cl2N2. The summed E-state index contributed by atoms with van der Waals surface area (Å²) in [7, 11) is 0. The highest BCUT2D eigenvalue weighted by atomic mass is 35.5. The highest BCUT2D eigenvalue weighted by molar-refractivity contribution is 6.33. The van der Waals surface area contributed by atoms with Crippen LogP contribution < -0.4 is 0 Å². The van der Waals surface area contributed by atoms with E-state index in [1.807, 2.05) is 12.1 Å². The van der Waals surface area contributed by atoms with Crippen molar-refractivity contribution in [3.8, 4) is 6.07 Å². The van der Waals surface area contributed by atoms with Crippen molar-refractivity contribution < 1.29 is 0 Å². The van der Waals surface area contributed by atoms with Crippen LogP contribution in [0.2, 0.25) is 10.0 Å². The second-order valence-electron chi connectivity index (χ2n) is 4.74. The molecule has 0 heterocycles. The van der Waals surface area contributed by atoms with Gasteiger partial charge in [0, 0.05) is 22.6 Å². The number of benzene rings is 1. The molecule has 0 aromatic heterocycles. The van der Waals surface area contributed by atoms with Gasteiger partial charge in [-0.2, -0.15) is 5.26 Å². The maximum absolute atomic E-state index is 8.95. The van der Waals surface area contributed by atoms with Gasteiger partial charge in [0.2, 0.25) is 0 Å². The Morgan fingerprint density at radius 3 is 2.67 bits per heavy atom. The lowest BCUT2D eigenvalue weighted by atomic mass is 10.1. The van der Waals surface area contributed by atoms with Gasteiger partial charge in [-0.3, -0.25) is 4.90 Å². The Labute approximate surface area is 118 Å². The molecule has 1 aliphatic carbocycles. The SMILES string of the molecule is N#CCN(Cc1cc(Cl)ccc1Cl)C1CCCC1. The second kappa shape index (κ2) is 6.43. The number of hydrogen-bond acceptors (Lipinski definition) is 2. The lowest BCUT2D eigenvalue weighted by molar-refractivity contribution is 0.214. The van der Waals surface area contributed by atoms with Crippen molar-refractivity contribution in [2.75, 3.05) is 6.54 Å². The third kappa shape index (κ3) is 3.38. The molecule has 0 spiro atoms. The second-order valence-corrected chi connectivity index (χ2v) is 5.58. The predicted molar refractivity (Wildman–Crippen MR) is 74.7 cm³/mol. The van der Waals surface area contributed by atoms with E-state index in [-0.39, 0.29) is 0 Å². The van der Waals surface area contributed by atoms with E-state index >= 15 is 0 Å².